The van der Waals surface area contributed by atoms with E-state index in [0.29, 0.717) is 4.47 Å². The summed E-state index contributed by atoms with van der Waals surface area (Å²) < 4.78 is 1.75. The Morgan fingerprint density at radius 2 is 2.14 bits per heavy atom. The molecule has 0 atom stereocenters. The van der Waals surface area contributed by atoms with Gasteiger partial charge in [0, 0.05) is 16.9 Å². The smallest absolute Gasteiger partial charge is 0.347 e. The van der Waals surface area contributed by atoms with Gasteiger partial charge in [-0.1, -0.05) is 15.9 Å². The summed E-state index contributed by atoms with van der Waals surface area (Å²) in [4.78, 5) is 37.9. The van der Waals surface area contributed by atoms with Crippen LogP contribution in [0, 0.1) is 0 Å². The third-order valence-corrected chi connectivity index (χ3v) is 3.08. The van der Waals surface area contributed by atoms with Crippen LogP contribution < -0.4 is 11.0 Å². The van der Waals surface area contributed by atoms with E-state index in [9.17, 15) is 14.4 Å². The van der Waals surface area contributed by atoms with Crippen molar-refractivity contribution in [3.05, 3.63) is 57.2 Å². The van der Waals surface area contributed by atoms with Crippen molar-refractivity contribution >= 4 is 33.5 Å². The molecule has 0 spiro atoms. The van der Waals surface area contributed by atoms with Gasteiger partial charge < -0.3 is 10.4 Å². The predicted octanol–water partition coefficient (Wildman–Crippen LogP) is 1.34. The third kappa shape index (κ3) is 3.76. The SMILES string of the molecule is O=C(Cn1cccnc1=O)Nc1cc(Br)ccc1C(=O)O. The van der Waals surface area contributed by atoms with E-state index in [0.717, 1.165) is 4.57 Å². The molecule has 0 aliphatic heterocycles. The molecule has 0 saturated heterocycles. The minimum absolute atomic E-state index is 0.0370. The molecular weight excluding hydrogens is 342 g/mol. The molecule has 0 unspecified atom stereocenters. The second kappa shape index (κ2) is 6.31. The number of aromatic carboxylic acids is 1. The van der Waals surface area contributed by atoms with Gasteiger partial charge in [0.1, 0.15) is 6.54 Å². The summed E-state index contributed by atoms with van der Waals surface area (Å²) in [5.74, 6) is -1.68. The first kappa shape index (κ1) is 14.9. The summed E-state index contributed by atoms with van der Waals surface area (Å²) in [5, 5.41) is 11.5. The highest BCUT2D eigenvalue weighted by Gasteiger charge is 2.13. The van der Waals surface area contributed by atoms with Crippen molar-refractivity contribution in [3.63, 3.8) is 0 Å². The van der Waals surface area contributed by atoms with Gasteiger partial charge >= 0.3 is 11.7 Å². The minimum Gasteiger partial charge on any atom is -0.478 e. The Kier molecular flexibility index (Phi) is 4.49. The Labute approximate surface area is 127 Å². The lowest BCUT2D eigenvalue weighted by molar-refractivity contribution is -0.116. The van der Waals surface area contributed by atoms with E-state index >= 15 is 0 Å². The molecular formula is C13H10BrN3O4. The molecule has 1 amide bonds. The molecule has 1 heterocycles. The van der Waals surface area contributed by atoms with Crippen LogP contribution in [0.3, 0.4) is 0 Å². The first-order chi connectivity index (χ1) is 9.97. The molecule has 0 radical (unpaired) electrons. The number of nitrogens with zero attached hydrogens (tertiary/aromatic N) is 2. The number of carboxylic acid groups (broad SMARTS) is 1. The molecule has 0 bridgehead atoms. The van der Waals surface area contributed by atoms with E-state index in [2.05, 4.69) is 26.2 Å². The van der Waals surface area contributed by atoms with Crippen LogP contribution in [0.4, 0.5) is 5.69 Å². The van der Waals surface area contributed by atoms with Gasteiger partial charge in [-0.2, -0.15) is 0 Å². The van der Waals surface area contributed by atoms with E-state index in [1.807, 2.05) is 0 Å². The highest BCUT2D eigenvalue weighted by molar-refractivity contribution is 9.10. The zero-order valence-corrected chi connectivity index (χ0v) is 12.2. The Morgan fingerprint density at radius 3 is 2.81 bits per heavy atom. The largest absolute Gasteiger partial charge is 0.478 e. The summed E-state index contributed by atoms with van der Waals surface area (Å²) in [5.41, 5.74) is -0.441. The maximum Gasteiger partial charge on any atom is 0.347 e. The van der Waals surface area contributed by atoms with Crippen molar-refractivity contribution in [3.8, 4) is 0 Å². The fourth-order valence-corrected chi connectivity index (χ4v) is 2.02. The Balaban J connectivity index is 2.20. The van der Waals surface area contributed by atoms with Gasteiger partial charge in [0.2, 0.25) is 5.91 Å². The van der Waals surface area contributed by atoms with Crippen LogP contribution in [0.25, 0.3) is 0 Å². The van der Waals surface area contributed by atoms with Crippen LogP contribution in [0.1, 0.15) is 10.4 Å². The summed E-state index contributed by atoms with van der Waals surface area (Å²) in [6.07, 6.45) is 2.75. The Morgan fingerprint density at radius 1 is 1.38 bits per heavy atom. The van der Waals surface area contributed by atoms with Gasteiger partial charge in [-0.15, -0.1) is 0 Å². The topological polar surface area (TPSA) is 101 Å². The van der Waals surface area contributed by atoms with E-state index in [4.69, 9.17) is 5.11 Å². The molecule has 0 saturated carbocycles. The maximum absolute atomic E-state index is 11.9. The van der Waals surface area contributed by atoms with Crippen LogP contribution in [0.5, 0.6) is 0 Å². The number of hydrogen-bond acceptors (Lipinski definition) is 4. The quantitative estimate of drug-likeness (QED) is 0.865. The van der Waals surface area contributed by atoms with Crippen LogP contribution in [0.15, 0.2) is 45.9 Å². The second-order valence-corrected chi connectivity index (χ2v) is 4.99. The van der Waals surface area contributed by atoms with Gasteiger partial charge in [-0.05, 0) is 24.3 Å². The van der Waals surface area contributed by atoms with Gasteiger partial charge in [0.25, 0.3) is 0 Å². The van der Waals surface area contributed by atoms with Crippen molar-refractivity contribution in [2.45, 2.75) is 6.54 Å². The highest BCUT2D eigenvalue weighted by Crippen LogP contribution is 2.21. The number of carbonyl (C=O) groups excluding carboxylic acids is 1. The number of carbonyl (C=O) groups is 2. The number of aromatic nitrogens is 2. The van der Waals surface area contributed by atoms with Crippen LogP contribution in [-0.2, 0) is 11.3 Å². The fraction of sp³-hybridized carbons (Fsp3) is 0.0769. The summed E-state index contributed by atoms with van der Waals surface area (Å²) in [6, 6.07) is 5.94. The third-order valence-electron chi connectivity index (χ3n) is 2.58. The lowest BCUT2D eigenvalue weighted by atomic mass is 10.2. The van der Waals surface area contributed by atoms with Crippen molar-refractivity contribution in [1.29, 1.82) is 0 Å². The number of carboxylic acids is 1. The molecule has 0 aliphatic carbocycles. The molecule has 0 aliphatic rings. The highest BCUT2D eigenvalue weighted by atomic mass is 79.9. The predicted molar refractivity (Wildman–Crippen MR) is 78.2 cm³/mol. The molecule has 1 aromatic heterocycles. The van der Waals surface area contributed by atoms with Crippen molar-refractivity contribution in [2.75, 3.05) is 5.32 Å². The number of amides is 1. The molecule has 2 aromatic rings. The van der Waals surface area contributed by atoms with Gasteiger partial charge in [0.15, 0.2) is 0 Å². The lowest BCUT2D eigenvalue weighted by Crippen LogP contribution is -2.28. The number of benzene rings is 1. The van der Waals surface area contributed by atoms with Crippen molar-refractivity contribution < 1.29 is 14.7 Å². The zero-order chi connectivity index (χ0) is 15.4. The van der Waals surface area contributed by atoms with E-state index in [1.165, 1.54) is 30.6 Å². The van der Waals surface area contributed by atoms with Gasteiger partial charge in [0.05, 0.1) is 11.3 Å². The standard InChI is InChI=1S/C13H10BrN3O4/c14-8-2-3-9(12(19)20)10(6-8)16-11(18)7-17-5-1-4-15-13(17)21/h1-6H,7H2,(H,16,18)(H,19,20). The van der Waals surface area contributed by atoms with E-state index < -0.39 is 17.6 Å². The minimum atomic E-state index is -1.16. The van der Waals surface area contributed by atoms with Gasteiger partial charge in [-0.3, -0.25) is 9.36 Å². The normalized spacial score (nSPS) is 10.1. The van der Waals surface area contributed by atoms with Crippen LogP contribution in [-0.4, -0.2) is 26.5 Å². The molecule has 21 heavy (non-hydrogen) atoms. The van der Waals surface area contributed by atoms with Crippen LogP contribution in [0.2, 0.25) is 0 Å². The van der Waals surface area contributed by atoms with Crippen LogP contribution >= 0.6 is 15.9 Å². The van der Waals surface area contributed by atoms with Crippen molar-refractivity contribution in [1.82, 2.24) is 9.55 Å². The molecule has 2 rings (SSSR count). The maximum atomic E-state index is 11.9. The molecule has 1 aromatic carbocycles. The van der Waals surface area contributed by atoms with Gasteiger partial charge in [-0.25, -0.2) is 14.6 Å². The average Bonchev–Trinajstić information content (AvgIpc) is 2.41. The molecule has 0 fully saturated rings. The van der Waals surface area contributed by atoms with E-state index in [-0.39, 0.29) is 17.8 Å². The molecule has 8 heteroatoms. The number of nitrogens with one attached hydrogen (secondary N) is 1. The number of anilines is 1. The number of halogens is 1. The fourth-order valence-electron chi connectivity index (χ4n) is 1.66. The Bertz CT molecular complexity index is 757. The first-order valence-corrected chi connectivity index (χ1v) is 6.61. The second-order valence-electron chi connectivity index (χ2n) is 4.07. The van der Waals surface area contributed by atoms with E-state index in [1.54, 1.807) is 6.07 Å². The molecule has 108 valence electrons. The number of rotatable bonds is 4. The zero-order valence-electron chi connectivity index (χ0n) is 10.6. The number of hydrogen-bond donors (Lipinski definition) is 2. The summed E-state index contributed by atoms with van der Waals surface area (Å²) >= 11 is 3.20. The van der Waals surface area contributed by atoms with Crippen molar-refractivity contribution in [2.24, 2.45) is 0 Å². The first-order valence-electron chi connectivity index (χ1n) is 5.81. The molecule has 7 nitrogen and oxygen atoms in total. The Hall–Kier alpha value is -2.48. The average molecular weight is 352 g/mol. The monoisotopic (exact) mass is 351 g/mol. The molecule has 2 N–H and O–H groups in total. The lowest BCUT2D eigenvalue weighted by Gasteiger charge is -2.09. The summed E-state index contributed by atoms with van der Waals surface area (Å²) in [6.45, 7) is -0.252. The summed E-state index contributed by atoms with van der Waals surface area (Å²) in [7, 11) is 0.